The Morgan fingerprint density at radius 2 is 1.97 bits per heavy atom. The molecule has 0 radical (unpaired) electrons. The lowest BCUT2D eigenvalue weighted by atomic mass is 9.85. The number of rotatable bonds is 5. The van der Waals surface area contributed by atoms with Crippen LogP contribution in [0.1, 0.15) is 53.6 Å². The molecular weight excluding hydrogens is 481 g/mol. The first-order valence-electron chi connectivity index (χ1n) is 11.0. The van der Waals surface area contributed by atoms with Crippen molar-refractivity contribution in [2.24, 2.45) is 7.05 Å². The number of benzene rings is 2. The van der Waals surface area contributed by atoms with E-state index >= 15 is 0 Å². The van der Waals surface area contributed by atoms with Crippen LogP contribution in [0.5, 0.6) is 0 Å². The number of halogens is 4. The lowest BCUT2D eigenvalue weighted by molar-refractivity contribution is 0.0924. The number of hydrogen-bond donors (Lipinski definition) is 2. The van der Waals surface area contributed by atoms with E-state index < -0.39 is 11.6 Å². The Kier molecular flexibility index (Phi) is 8.34. The predicted octanol–water partition coefficient (Wildman–Crippen LogP) is 5.44. The summed E-state index contributed by atoms with van der Waals surface area (Å²) in [5.41, 5.74) is 3.96. The summed E-state index contributed by atoms with van der Waals surface area (Å²) in [7, 11) is 1.83. The van der Waals surface area contributed by atoms with Crippen LogP contribution in [0.2, 0.25) is 5.02 Å². The molecule has 0 unspecified atom stereocenters. The van der Waals surface area contributed by atoms with E-state index in [2.05, 4.69) is 29.6 Å². The van der Waals surface area contributed by atoms with Crippen molar-refractivity contribution in [2.75, 3.05) is 13.1 Å². The van der Waals surface area contributed by atoms with E-state index in [1.807, 2.05) is 19.2 Å². The van der Waals surface area contributed by atoms with Crippen LogP contribution in [0.3, 0.4) is 0 Å². The molecule has 34 heavy (non-hydrogen) atoms. The van der Waals surface area contributed by atoms with E-state index in [0.717, 1.165) is 29.4 Å². The zero-order valence-corrected chi connectivity index (χ0v) is 20.8. The first kappa shape index (κ1) is 26.1. The van der Waals surface area contributed by atoms with Gasteiger partial charge in [0.15, 0.2) is 11.6 Å². The zero-order valence-electron chi connectivity index (χ0n) is 19.2. The number of carbonyl (C=O) groups excluding carboxylic acids is 1. The molecule has 2 aromatic carbocycles. The van der Waals surface area contributed by atoms with Crippen LogP contribution in [0.4, 0.5) is 8.78 Å². The molecule has 1 aromatic heterocycles. The van der Waals surface area contributed by atoms with E-state index in [1.54, 1.807) is 23.0 Å². The van der Waals surface area contributed by atoms with Crippen LogP contribution < -0.4 is 10.6 Å². The molecule has 9 heteroatoms. The normalized spacial score (nSPS) is 18.0. The molecular formula is C25H28Cl2F2N4O. The van der Waals surface area contributed by atoms with Gasteiger partial charge < -0.3 is 10.6 Å². The number of carbonyl (C=O) groups is 1. The number of aromatic nitrogens is 2. The van der Waals surface area contributed by atoms with E-state index in [-0.39, 0.29) is 36.2 Å². The second kappa shape index (κ2) is 10.8. The summed E-state index contributed by atoms with van der Waals surface area (Å²) in [4.78, 5) is 13.2. The summed E-state index contributed by atoms with van der Waals surface area (Å²) in [6, 6.07) is 9.29. The van der Waals surface area contributed by atoms with Crippen LogP contribution in [0.15, 0.2) is 42.6 Å². The summed E-state index contributed by atoms with van der Waals surface area (Å²) < 4.78 is 29.0. The molecule has 5 nitrogen and oxygen atoms in total. The molecule has 1 amide bonds. The van der Waals surface area contributed by atoms with Crippen LogP contribution in [-0.2, 0) is 7.05 Å². The zero-order chi connectivity index (χ0) is 23.7. The highest BCUT2D eigenvalue weighted by Gasteiger charge is 2.29. The average molecular weight is 509 g/mol. The SMILES string of the molecule is CC(C)c1cc(C(=O)N[C@@H]2CNCC[C@H]2c2ccc(F)c(F)c2)ccc1-c1c(Cl)cnn1C.Cl. The Morgan fingerprint density at radius 3 is 2.62 bits per heavy atom. The summed E-state index contributed by atoms with van der Waals surface area (Å²) >= 11 is 6.36. The van der Waals surface area contributed by atoms with Crippen molar-refractivity contribution in [3.8, 4) is 11.3 Å². The number of nitrogens with one attached hydrogen (secondary N) is 2. The van der Waals surface area contributed by atoms with Gasteiger partial charge in [0.2, 0.25) is 0 Å². The van der Waals surface area contributed by atoms with Crippen molar-refractivity contribution in [1.29, 1.82) is 0 Å². The van der Waals surface area contributed by atoms with Gasteiger partial charge in [0, 0.05) is 36.7 Å². The molecule has 0 bridgehead atoms. The maximum atomic E-state index is 13.8. The molecule has 1 saturated heterocycles. The maximum Gasteiger partial charge on any atom is 0.251 e. The van der Waals surface area contributed by atoms with Gasteiger partial charge in [-0.2, -0.15) is 5.10 Å². The molecule has 0 saturated carbocycles. The Morgan fingerprint density at radius 1 is 1.21 bits per heavy atom. The van der Waals surface area contributed by atoms with E-state index in [9.17, 15) is 13.6 Å². The van der Waals surface area contributed by atoms with Gasteiger partial charge in [-0.1, -0.05) is 37.6 Å². The third kappa shape index (κ3) is 5.27. The van der Waals surface area contributed by atoms with Gasteiger partial charge in [-0.05, 0) is 54.3 Å². The first-order chi connectivity index (χ1) is 15.8. The Hall–Kier alpha value is -2.48. The van der Waals surface area contributed by atoms with E-state index in [0.29, 0.717) is 29.1 Å². The second-order valence-corrected chi connectivity index (χ2v) is 9.18. The number of aryl methyl sites for hydroxylation is 1. The van der Waals surface area contributed by atoms with E-state index in [1.165, 1.54) is 6.07 Å². The smallest absolute Gasteiger partial charge is 0.251 e. The van der Waals surface area contributed by atoms with Crippen LogP contribution in [-0.4, -0.2) is 34.8 Å². The van der Waals surface area contributed by atoms with Crippen molar-refractivity contribution in [1.82, 2.24) is 20.4 Å². The van der Waals surface area contributed by atoms with Crippen molar-refractivity contribution >= 4 is 29.9 Å². The number of hydrogen-bond acceptors (Lipinski definition) is 3. The maximum absolute atomic E-state index is 13.8. The highest BCUT2D eigenvalue weighted by Crippen LogP contribution is 2.34. The molecule has 182 valence electrons. The molecule has 3 aromatic rings. The molecule has 2 atom stereocenters. The molecule has 0 aliphatic carbocycles. The van der Waals surface area contributed by atoms with E-state index in [4.69, 9.17) is 11.6 Å². The minimum absolute atomic E-state index is 0. The second-order valence-electron chi connectivity index (χ2n) is 8.77. The average Bonchev–Trinajstić information content (AvgIpc) is 3.13. The molecule has 1 fully saturated rings. The summed E-state index contributed by atoms with van der Waals surface area (Å²) in [5.74, 6) is -1.90. The van der Waals surface area contributed by atoms with Crippen LogP contribution in [0.25, 0.3) is 11.3 Å². The molecule has 1 aliphatic rings. The third-order valence-electron chi connectivity index (χ3n) is 6.26. The minimum atomic E-state index is -0.873. The van der Waals surface area contributed by atoms with Gasteiger partial charge in [-0.3, -0.25) is 9.48 Å². The summed E-state index contributed by atoms with van der Waals surface area (Å²) in [6.07, 6.45) is 2.32. The number of piperidine rings is 1. The molecule has 2 N–H and O–H groups in total. The number of nitrogens with zero attached hydrogens (tertiary/aromatic N) is 2. The molecule has 2 heterocycles. The van der Waals surface area contributed by atoms with Crippen molar-refractivity contribution in [3.05, 3.63) is 75.9 Å². The van der Waals surface area contributed by atoms with Crippen molar-refractivity contribution < 1.29 is 13.6 Å². The van der Waals surface area contributed by atoms with Crippen molar-refractivity contribution in [3.63, 3.8) is 0 Å². The third-order valence-corrected chi connectivity index (χ3v) is 6.53. The topological polar surface area (TPSA) is 59.0 Å². The van der Waals surface area contributed by atoms with Crippen LogP contribution >= 0.6 is 24.0 Å². The highest BCUT2D eigenvalue weighted by atomic mass is 35.5. The fraction of sp³-hybridized carbons (Fsp3) is 0.360. The first-order valence-corrected chi connectivity index (χ1v) is 11.4. The Labute approximate surface area is 209 Å². The monoisotopic (exact) mass is 508 g/mol. The summed E-state index contributed by atoms with van der Waals surface area (Å²) in [5, 5.41) is 11.2. The molecule has 4 rings (SSSR count). The standard InChI is InChI=1S/C25H27ClF2N4O.ClH/c1-14(2)19-10-16(4-6-18(19)24-20(26)12-30-32(24)3)25(33)31-23-13-29-9-8-17(23)15-5-7-21(27)22(28)11-15;/h4-7,10-12,14,17,23,29H,8-9,13H2,1-3H3,(H,31,33);1H/t17-,23+;/m0./s1. The lowest BCUT2D eigenvalue weighted by Gasteiger charge is -2.33. The van der Waals surface area contributed by atoms with Gasteiger partial charge in [-0.15, -0.1) is 12.4 Å². The predicted molar refractivity (Wildman–Crippen MR) is 133 cm³/mol. The Bertz CT molecular complexity index is 1160. The van der Waals surface area contributed by atoms with Crippen molar-refractivity contribution in [2.45, 2.75) is 38.1 Å². The fourth-order valence-electron chi connectivity index (χ4n) is 4.51. The van der Waals surface area contributed by atoms with Gasteiger partial charge in [-0.25, -0.2) is 8.78 Å². The quantitative estimate of drug-likeness (QED) is 0.482. The van der Waals surface area contributed by atoms with Crippen LogP contribution in [0, 0.1) is 11.6 Å². The molecule has 1 aliphatic heterocycles. The van der Waals surface area contributed by atoms with Gasteiger partial charge in [0.1, 0.15) is 0 Å². The number of amides is 1. The lowest BCUT2D eigenvalue weighted by Crippen LogP contribution is -2.50. The van der Waals surface area contributed by atoms with Gasteiger partial charge in [0.25, 0.3) is 5.91 Å². The van der Waals surface area contributed by atoms with Gasteiger partial charge >= 0.3 is 0 Å². The summed E-state index contributed by atoms with van der Waals surface area (Å²) in [6.45, 7) is 5.42. The fourth-order valence-corrected chi connectivity index (χ4v) is 4.78. The largest absolute Gasteiger partial charge is 0.347 e. The highest BCUT2D eigenvalue weighted by molar-refractivity contribution is 6.33. The molecule has 0 spiro atoms. The van der Waals surface area contributed by atoms with Gasteiger partial charge in [0.05, 0.1) is 16.9 Å². The Balaban J connectivity index is 0.00000324. The minimum Gasteiger partial charge on any atom is -0.347 e.